The van der Waals surface area contributed by atoms with Gasteiger partial charge in [0.2, 0.25) is 0 Å². The highest BCUT2D eigenvalue weighted by atomic mass is 14.9. The smallest absolute Gasteiger partial charge is 0.0545 e. The molecule has 0 radical (unpaired) electrons. The Hall–Kier alpha value is -1.86. The summed E-state index contributed by atoms with van der Waals surface area (Å²) >= 11 is 0. The molecule has 1 aliphatic heterocycles. The highest BCUT2D eigenvalue weighted by Gasteiger charge is 2.01. The predicted molar refractivity (Wildman–Crippen MR) is 132 cm³/mol. The molecule has 0 unspecified atom stereocenters. The van der Waals surface area contributed by atoms with E-state index in [2.05, 4.69) is 57.7 Å². The first-order chi connectivity index (χ1) is 15.9. The van der Waals surface area contributed by atoms with E-state index in [9.17, 15) is 0 Å². The maximum absolute atomic E-state index is 4.79. The van der Waals surface area contributed by atoms with Gasteiger partial charge in [-0.3, -0.25) is 9.97 Å². The summed E-state index contributed by atoms with van der Waals surface area (Å²) in [5.41, 5.74) is 4.56. The van der Waals surface area contributed by atoms with Crippen molar-refractivity contribution in [1.82, 2.24) is 31.2 Å². The Balaban J connectivity index is 1.41. The van der Waals surface area contributed by atoms with Crippen LogP contribution in [0.25, 0.3) is 0 Å². The van der Waals surface area contributed by atoms with Crippen molar-refractivity contribution in [1.29, 1.82) is 0 Å². The molecule has 4 bridgehead atoms. The highest BCUT2D eigenvalue weighted by molar-refractivity contribution is 5.12. The zero-order valence-electron chi connectivity index (χ0n) is 19.7. The third-order valence-corrected chi connectivity index (χ3v) is 5.87. The Morgan fingerprint density at radius 3 is 0.969 bits per heavy atom. The Labute approximate surface area is 194 Å². The minimum Gasteiger partial charge on any atom is -0.311 e. The third-order valence-electron chi connectivity index (χ3n) is 5.87. The average molecular weight is 439 g/mol. The summed E-state index contributed by atoms with van der Waals surface area (Å²) in [6.07, 6.45) is 9.96. The van der Waals surface area contributed by atoms with Crippen LogP contribution in [0.3, 0.4) is 0 Å². The molecule has 0 spiro atoms. The molecular formula is C26H42N6. The minimum atomic E-state index is 0.857. The second kappa shape index (κ2) is 15.9. The van der Waals surface area contributed by atoms with Gasteiger partial charge in [0.25, 0.3) is 0 Å². The molecule has 3 rings (SSSR count). The average Bonchev–Trinajstić information content (AvgIpc) is 2.81. The molecule has 0 atom stereocenters. The van der Waals surface area contributed by atoms with Gasteiger partial charge in [-0.05, 0) is 76.1 Å². The number of hydrogen-bond acceptors (Lipinski definition) is 6. The molecule has 6 heteroatoms. The Morgan fingerprint density at radius 1 is 0.406 bits per heavy atom. The molecule has 176 valence electrons. The predicted octanol–water partition coefficient (Wildman–Crippen LogP) is 3.67. The monoisotopic (exact) mass is 438 g/mol. The van der Waals surface area contributed by atoms with E-state index in [0.29, 0.717) is 0 Å². The quantitative estimate of drug-likeness (QED) is 0.503. The van der Waals surface area contributed by atoms with Crippen LogP contribution in [-0.4, -0.2) is 36.1 Å². The molecule has 0 saturated carbocycles. The van der Waals surface area contributed by atoms with Crippen LogP contribution in [-0.2, 0) is 26.2 Å². The summed E-state index contributed by atoms with van der Waals surface area (Å²) < 4.78 is 0. The lowest BCUT2D eigenvalue weighted by atomic mass is 10.2. The number of rotatable bonds is 0. The minimum absolute atomic E-state index is 0.857. The van der Waals surface area contributed by atoms with Gasteiger partial charge < -0.3 is 21.3 Å². The zero-order chi connectivity index (χ0) is 22.1. The van der Waals surface area contributed by atoms with Gasteiger partial charge >= 0.3 is 0 Å². The van der Waals surface area contributed by atoms with Gasteiger partial charge in [0, 0.05) is 26.2 Å². The van der Waals surface area contributed by atoms with Crippen LogP contribution >= 0.6 is 0 Å². The molecule has 4 N–H and O–H groups in total. The number of hydrogen-bond donors (Lipinski definition) is 4. The van der Waals surface area contributed by atoms with Gasteiger partial charge in [0.1, 0.15) is 0 Å². The topological polar surface area (TPSA) is 73.9 Å². The highest BCUT2D eigenvalue weighted by Crippen LogP contribution is 2.04. The zero-order valence-corrected chi connectivity index (χ0v) is 19.7. The maximum atomic E-state index is 4.79. The number of fused-ring (bicyclic) bond motifs is 4. The van der Waals surface area contributed by atoms with E-state index in [1.807, 2.05) is 0 Å². The molecule has 6 nitrogen and oxygen atoms in total. The van der Waals surface area contributed by atoms with Crippen LogP contribution in [0.2, 0.25) is 0 Å². The first-order valence-electron chi connectivity index (χ1n) is 12.6. The first-order valence-corrected chi connectivity index (χ1v) is 12.6. The molecular weight excluding hydrogens is 396 g/mol. The molecule has 2 aromatic rings. The van der Waals surface area contributed by atoms with Gasteiger partial charge in [-0.2, -0.15) is 0 Å². The first kappa shape index (κ1) is 24.8. The molecule has 3 heterocycles. The van der Waals surface area contributed by atoms with E-state index in [1.165, 1.54) is 51.4 Å². The maximum Gasteiger partial charge on any atom is 0.0545 e. The van der Waals surface area contributed by atoms with Crippen molar-refractivity contribution in [2.75, 3.05) is 26.2 Å². The van der Waals surface area contributed by atoms with Gasteiger partial charge in [-0.15, -0.1) is 0 Å². The molecule has 0 aromatic carbocycles. The summed E-state index contributed by atoms with van der Waals surface area (Å²) in [7, 11) is 0. The lowest BCUT2D eigenvalue weighted by Crippen LogP contribution is -2.19. The largest absolute Gasteiger partial charge is 0.311 e. The Kier molecular flexibility index (Phi) is 12.3. The summed E-state index contributed by atoms with van der Waals surface area (Å²) in [5.74, 6) is 0. The van der Waals surface area contributed by atoms with Crippen molar-refractivity contribution in [3.63, 3.8) is 0 Å². The van der Waals surface area contributed by atoms with E-state index in [1.54, 1.807) is 0 Å². The lowest BCUT2D eigenvalue weighted by molar-refractivity contribution is 0.550. The molecule has 0 amide bonds. The normalized spacial score (nSPS) is 19.2. The van der Waals surface area contributed by atoms with E-state index in [4.69, 9.17) is 9.97 Å². The van der Waals surface area contributed by atoms with E-state index in [-0.39, 0.29) is 0 Å². The second-order valence-electron chi connectivity index (χ2n) is 8.78. The van der Waals surface area contributed by atoms with Gasteiger partial charge in [0.15, 0.2) is 0 Å². The van der Waals surface area contributed by atoms with Crippen molar-refractivity contribution < 1.29 is 0 Å². The fraction of sp³-hybridized carbons (Fsp3) is 0.615. The van der Waals surface area contributed by atoms with E-state index < -0.39 is 0 Å². The van der Waals surface area contributed by atoms with Crippen LogP contribution in [0, 0.1) is 0 Å². The fourth-order valence-electron chi connectivity index (χ4n) is 4.03. The summed E-state index contributed by atoms with van der Waals surface area (Å²) in [5, 5.41) is 14.2. The van der Waals surface area contributed by atoms with Crippen molar-refractivity contribution in [2.24, 2.45) is 0 Å². The number of nitrogens with zero attached hydrogens (tertiary/aromatic N) is 2. The van der Waals surface area contributed by atoms with E-state index in [0.717, 1.165) is 75.1 Å². The number of pyridine rings is 2. The lowest BCUT2D eigenvalue weighted by Gasteiger charge is -2.09. The van der Waals surface area contributed by atoms with Crippen molar-refractivity contribution in [3.05, 3.63) is 59.2 Å². The standard InChI is InChI=1S/C26H42N6/c1-2-6-16-28-20-24-12-10-14-26(32-24)22-30-18-8-4-3-7-17-29-21-25-13-9-11-23(31-25)19-27-15-5-1/h9-14,27-30H,1-8,15-22H2. The number of aromatic nitrogens is 2. The van der Waals surface area contributed by atoms with Crippen LogP contribution < -0.4 is 21.3 Å². The molecule has 2 aromatic heterocycles. The summed E-state index contributed by atoms with van der Waals surface area (Å²) in [4.78, 5) is 9.57. The van der Waals surface area contributed by atoms with Crippen LogP contribution in [0.1, 0.15) is 74.1 Å². The fourth-order valence-corrected chi connectivity index (χ4v) is 4.03. The molecule has 32 heavy (non-hydrogen) atoms. The van der Waals surface area contributed by atoms with E-state index >= 15 is 0 Å². The number of nitrogens with one attached hydrogen (secondary N) is 4. The van der Waals surface area contributed by atoms with Gasteiger partial charge in [-0.1, -0.05) is 37.8 Å². The molecule has 0 fully saturated rings. The van der Waals surface area contributed by atoms with Gasteiger partial charge in [0.05, 0.1) is 22.8 Å². The van der Waals surface area contributed by atoms with Gasteiger partial charge in [-0.25, -0.2) is 0 Å². The molecule has 0 aliphatic carbocycles. The van der Waals surface area contributed by atoms with Crippen molar-refractivity contribution in [3.8, 4) is 0 Å². The summed E-state index contributed by atoms with van der Waals surface area (Å²) in [6.45, 7) is 7.66. The third kappa shape index (κ3) is 10.6. The van der Waals surface area contributed by atoms with Crippen LogP contribution in [0.5, 0.6) is 0 Å². The summed E-state index contributed by atoms with van der Waals surface area (Å²) in [6, 6.07) is 12.7. The Bertz CT molecular complexity index is 633. The molecule has 1 aliphatic rings. The second-order valence-corrected chi connectivity index (χ2v) is 8.78. The van der Waals surface area contributed by atoms with Crippen LogP contribution in [0.15, 0.2) is 36.4 Å². The molecule has 0 saturated heterocycles. The van der Waals surface area contributed by atoms with Crippen LogP contribution in [0.4, 0.5) is 0 Å². The van der Waals surface area contributed by atoms with Crippen molar-refractivity contribution >= 4 is 0 Å². The SMILES string of the molecule is c1cc2nc(c1)CNCCCCCCNCc1cccc(n1)CNCCCCCCNC2. The Morgan fingerprint density at radius 2 is 0.688 bits per heavy atom. The van der Waals surface area contributed by atoms with Crippen molar-refractivity contribution in [2.45, 2.75) is 77.5 Å².